The van der Waals surface area contributed by atoms with Crippen molar-refractivity contribution in [1.82, 2.24) is 20.3 Å². The second-order valence-electron chi connectivity index (χ2n) is 5.04. The summed E-state index contributed by atoms with van der Waals surface area (Å²) >= 11 is 0. The predicted molar refractivity (Wildman–Crippen MR) is 77.0 cm³/mol. The van der Waals surface area contributed by atoms with Crippen molar-refractivity contribution in [3.8, 4) is 0 Å². The maximum Gasteiger partial charge on any atom is 0.0692 e. The van der Waals surface area contributed by atoms with Crippen LogP contribution >= 0.6 is 0 Å². The Morgan fingerprint density at radius 1 is 1.26 bits per heavy atom. The molecule has 4 nitrogen and oxygen atoms in total. The second-order valence-corrected chi connectivity index (χ2v) is 5.04. The van der Waals surface area contributed by atoms with Crippen molar-refractivity contribution < 1.29 is 0 Å². The summed E-state index contributed by atoms with van der Waals surface area (Å²) in [5.41, 5.74) is 4.06. The Labute approximate surface area is 114 Å². The zero-order valence-electron chi connectivity index (χ0n) is 11.9. The molecule has 1 unspecified atom stereocenters. The SMILES string of the molecule is Cc1ccc(C(C)NCCCn2ccnn2)cc1C. The van der Waals surface area contributed by atoms with Crippen LogP contribution in [-0.2, 0) is 6.54 Å². The number of aryl methyl sites for hydroxylation is 3. The normalized spacial score (nSPS) is 12.6. The van der Waals surface area contributed by atoms with E-state index in [4.69, 9.17) is 0 Å². The molecule has 4 heteroatoms. The number of benzene rings is 1. The van der Waals surface area contributed by atoms with Crippen LogP contribution in [0.15, 0.2) is 30.6 Å². The van der Waals surface area contributed by atoms with Crippen LogP contribution in [-0.4, -0.2) is 21.5 Å². The van der Waals surface area contributed by atoms with E-state index in [1.165, 1.54) is 16.7 Å². The smallest absolute Gasteiger partial charge is 0.0692 e. The molecule has 0 fully saturated rings. The van der Waals surface area contributed by atoms with Gasteiger partial charge < -0.3 is 5.32 Å². The van der Waals surface area contributed by atoms with Gasteiger partial charge in [0.2, 0.25) is 0 Å². The van der Waals surface area contributed by atoms with E-state index in [-0.39, 0.29) is 0 Å². The van der Waals surface area contributed by atoms with Crippen molar-refractivity contribution in [2.45, 2.75) is 39.8 Å². The molecule has 0 bridgehead atoms. The average Bonchev–Trinajstić information content (AvgIpc) is 2.91. The van der Waals surface area contributed by atoms with Crippen molar-refractivity contribution in [3.63, 3.8) is 0 Å². The largest absolute Gasteiger partial charge is 0.310 e. The predicted octanol–water partition coefficient (Wildman–Crippen LogP) is 2.64. The first kappa shape index (κ1) is 13.7. The molecule has 0 aliphatic heterocycles. The van der Waals surface area contributed by atoms with E-state index in [1.54, 1.807) is 6.20 Å². The van der Waals surface area contributed by atoms with Crippen LogP contribution in [0.1, 0.15) is 36.1 Å². The Morgan fingerprint density at radius 3 is 2.79 bits per heavy atom. The fraction of sp³-hybridized carbons (Fsp3) is 0.467. The van der Waals surface area contributed by atoms with E-state index in [1.807, 2.05) is 10.9 Å². The van der Waals surface area contributed by atoms with Gasteiger partial charge in [-0.15, -0.1) is 5.10 Å². The first-order chi connectivity index (χ1) is 9.16. The van der Waals surface area contributed by atoms with E-state index in [0.29, 0.717) is 6.04 Å². The highest BCUT2D eigenvalue weighted by atomic mass is 15.4. The van der Waals surface area contributed by atoms with Gasteiger partial charge in [0, 0.05) is 18.8 Å². The average molecular weight is 258 g/mol. The minimum Gasteiger partial charge on any atom is -0.310 e. The van der Waals surface area contributed by atoms with Gasteiger partial charge >= 0.3 is 0 Å². The van der Waals surface area contributed by atoms with Gasteiger partial charge in [-0.3, -0.25) is 4.68 Å². The highest BCUT2D eigenvalue weighted by Gasteiger charge is 2.05. The van der Waals surface area contributed by atoms with Crippen molar-refractivity contribution in [1.29, 1.82) is 0 Å². The summed E-state index contributed by atoms with van der Waals surface area (Å²) in [5.74, 6) is 0. The zero-order valence-corrected chi connectivity index (χ0v) is 11.9. The lowest BCUT2D eigenvalue weighted by Gasteiger charge is -2.15. The lowest BCUT2D eigenvalue weighted by molar-refractivity contribution is 0.499. The van der Waals surface area contributed by atoms with Crippen LogP contribution in [0, 0.1) is 13.8 Å². The maximum atomic E-state index is 3.95. The van der Waals surface area contributed by atoms with Crippen LogP contribution in [0.25, 0.3) is 0 Å². The number of nitrogens with zero attached hydrogens (tertiary/aromatic N) is 3. The lowest BCUT2D eigenvalue weighted by Crippen LogP contribution is -2.21. The van der Waals surface area contributed by atoms with Gasteiger partial charge in [0.05, 0.1) is 6.20 Å². The molecule has 1 atom stereocenters. The molecule has 0 amide bonds. The molecule has 0 aliphatic rings. The molecule has 2 rings (SSSR count). The number of rotatable bonds is 6. The Kier molecular flexibility index (Phi) is 4.68. The topological polar surface area (TPSA) is 42.7 Å². The van der Waals surface area contributed by atoms with E-state index >= 15 is 0 Å². The molecule has 0 spiro atoms. The van der Waals surface area contributed by atoms with Crippen LogP contribution in [0.5, 0.6) is 0 Å². The Bertz CT molecular complexity index is 505. The number of nitrogens with one attached hydrogen (secondary N) is 1. The highest BCUT2D eigenvalue weighted by Crippen LogP contribution is 2.16. The van der Waals surface area contributed by atoms with Crippen LogP contribution in [0.4, 0.5) is 0 Å². The zero-order chi connectivity index (χ0) is 13.7. The maximum absolute atomic E-state index is 3.95. The number of hydrogen-bond donors (Lipinski definition) is 1. The van der Waals surface area contributed by atoms with Crippen LogP contribution in [0.2, 0.25) is 0 Å². The Hall–Kier alpha value is -1.68. The summed E-state index contributed by atoms with van der Waals surface area (Å²) in [4.78, 5) is 0. The fourth-order valence-corrected chi connectivity index (χ4v) is 2.06. The molecular weight excluding hydrogens is 236 g/mol. The summed E-state index contributed by atoms with van der Waals surface area (Å²) in [6.07, 6.45) is 4.66. The second kappa shape index (κ2) is 6.48. The van der Waals surface area contributed by atoms with Crippen LogP contribution in [0.3, 0.4) is 0 Å². The third-order valence-electron chi connectivity index (χ3n) is 3.52. The lowest BCUT2D eigenvalue weighted by atomic mass is 10.0. The third kappa shape index (κ3) is 3.89. The summed E-state index contributed by atoms with van der Waals surface area (Å²) in [6.45, 7) is 8.41. The molecule has 0 aliphatic carbocycles. The summed E-state index contributed by atoms with van der Waals surface area (Å²) in [6, 6.07) is 7.05. The van der Waals surface area contributed by atoms with Gasteiger partial charge in [0.15, 0.2) is 0 Å². The quantitative estimate of drug-likeness (QED) is 0.810. The van der Waals surface area contributed by atoms with Gasteiger partial charge in [0.25, 0.3) is 0 Å². The van der Waals surface area contributed by atoms with Crippen molar-refractivity contribution in [3.05, 3.63) is 47.3 Å². The fourth-order valence-electron chi connectivity index (χ4n) is 2.06. The Morgan fingerprint density at radius 2 is 2.11 bits per heavy atom. The summed E-state index contributed by atoms with van der Waals surface area (Å²) < 4.78 is 1.86. The first-order valence-electron chi connectivity index (χ1n) is 6.81. The van der Waals surface area contributed by atoms with Gasteiger partial charge in [-0.05, 0) is 50.4 Å². The molecule has 0 saturated heterocycles. The first-order valence-corrected chi connectivity index (χ1v) is 6.81. The van der Waals surface area contributed by atoms with Crippen molar-refractivity contribution in [2.24, 2.45) is 0 Å². The van der Waals surface area contributed by atoms with E-state index in [2.05, 4.69) is 54.6 Å². The molecule has 19 heavy (non-hydrogen) atoms. The molecular formula is C15H22N4. The van der Waals surface area contributed by atoms with Crippen molar-refractivity contribution >= 4 is 0 Å². The van der Waals surface area contributed by atoms with Crippen LogP contribution < -0.4 is 5.32 Å². The monoisotopic (exact) mass is 258 g/mol. The van der Waals surface area contributed by atoms with E-state index in [0.717, 1.165) is 19.5 Å². The van der Waals surface area contributed by atoms with Crippen molar-refractivity contribution in [2.75, 3.05) is 6.54 Å². The standard InChI is InChI=1S/C15H22N4/c1-12-5-6-15(11-13(12)2)14(3)16-7-4-9-19-10-8-17-18-19/h5-6,8,10-11,14,16H,4,7,9H2,1-3H3. The molecule has 1 heterocycles. The van der Waals surface area contributed by atoms with Gasteiger partial charge in [-0.25, -0.2) is 0 Å². The summed E-state index contributed by atoms with van der Waals surface area (Å²) in [5, 5.41) is 11.3. The van der Waals surface area contributed by atoms with Gasteiger partial charge in [-0.1, -0.05) is 23.4 Å². The minimum atomic E-state index is 0.384. The molecule has 0 radical (unpaired) electrons. The van der Waals surface area contributed by atoms with E-state index < -0.39 is 0 Å². The molecule has 1 aromatic heterocycles. The van der Waals surface area contributed by atoms with E-state index in [9.17, 15) is 0 Å². The molecule has 102 valence electrons. The minimum absolute atomic E-state index is 0.384. The highest BCUT2D eigenvalue weighted by molar-refractivity contribution is 5.31. The van der Waals surface area contributed by atoms with Gasteiger partial charge in [0.1, 0.15) is 0 Å². The molecule has 1 N–H and O–H groups in total. The van der Waals surface area contributed by atoms with Gasteiger partial charge in [-0.2, -0.15) is 0 Å². The molecule has 0 saturated carbocycles. The summed E-state index contributed by atoms with van der Waals surface area (Å²) in [7, 11) is 0. The third-order valence-corrected chi connectivity index (χ3v) is 3.52. The number of hydrogen-bond acceptors (Lipinski definition) is 3. The Balaban J connectivity index is 1.77. The number of aromatic nitrogens is 3. The molecule has 2 aromatic rings. The molecule has 1 aromatic carbocycles.